The highest BCUT2D eigenvalue weighted by atomic mass is 79.9. The molecule has 1 aromatic rings. The number of benzene rings is 1. The fourth-order valence-electron chi connectivity index (χ4n) is 3.77. The van der Waals surface area contributed by atoms with Gasteiger partial charge in [-0.05, 0) is 32.0 Å². The second kappa shape index (κ2) is 7.45. The first-order chi connectivity index (χ1) is 10.6. The van der Waals surface area contributed by atoms with E-state index >= 15 is 0 Å². The van der Waals surface area contributed by atoms with Crippen molar-refractivity contribution in [2.24, 2.45) is 5.92 Å². The van der Waals surface area contributed by atoms with E-state index in [2.05, 4.69) is 4.90 Å². The van der Waals surface area contributed by atoms with Crippen molar-refractivity contribution >= 4 is 28.9 Å². The number of rotatable bonds is 3. The summed E-state index contributed by atoms with van der Waals surface area (Å²) in [7, 11) is 3.42. The molecule has 0 amide bonds. The minimum atomic E-state index is -0.408. The molecule has 6 heteroatoms. The molecule has 0 saturated carbocycles. The summed E-state index contributed by atoms with van der Waals surface area (Å²) in [5.41, 5.74) is 0.511. The van der Waals surface area contributed by atoms with Crippen molar-refractivity contribution in [2.75, 3.05) is 14.2 Å². The number of piperidine rings is 1. The van der Waals surface area contributed by atoms with Crippen LogP contribution in [0.4, 0.5) is 0 Å². The lowest BCUT2D eigenvalue weighted by Gasteiger charge is -2.40. The molecule has 0 aromatic heterocycles. The van der Waals surface area contributed by atoms with Gasteiger partial charge in [-0.1, -0.05) is 18.2 Å². The molecule has 1 aromatic carbocycles. The second-order valence-electron chi connectivity index (χ2n) is 6.06. The average Bonchev–Trinajstić information content (AvgIpc) is 2.78. The maximum atomic E-state index is 12.3. The van der Waals surface area contributed by atoms with Crippen LogP contribution in [0.25, 0.3) is 0 Å². The molecule has 0 radical (unpaired) electrons. The summed E-state index contributed by atoms with van der Waals surface area (Å²) >= 11 is 0. The van der Waals surface area contributed by atoms with Gasteiger partial charge in [0.15, 0.2) is 0 Å². The van der Waals surface area contributed by atoms with Crippen molar-refractivity contribution in [3.8, 4) is 0 Å². The van der Waals surface area contributed by atoms with Gasteiger partial charge in [-0.25, -0.2) is 4.79 Å². The number of hydrogen-bond donors (Lipinski definition) is 0. The molecule has 2 heterocycles. The Kier molecular flexibility index (Phi) is 5.81. The van der Waals surface area contributed by atoms with Crippen LogP contribution in [0.2, 0.25) is 0 Å². The van der Waals surface area contributed by atoms with Crippen molar-refractivity contribution in [1.29, 1.82) is 0 Å². The van der Waals surface area contributed by atoms with Gasteiger partial charge in [0.05, 0.1) is 12.7 Å². The van der Waals surface area contributed by atoms with Gasteiger partial charge < -0.3 is 9.47 Å². The van der Waals surface area contributed by atoms with Crippen molar-refractivity contribution in [3.63, 3.8) is 0 Å². The van der Waals surface area contributed by atoms with Crippen molar-refractivity contribution in [1.82, 2.24) is 4.90 Å². The Morgan fingerprint density at radius 1 is 1.17 bits per heavy atom. The Bertz CT molecular complexity index is 565. The fourth-order valence-corrected chi connectivity index (χ4v) is 3.77. The standard InChI is InChI=1S/C17H21NO4.BrH/c1-18-12-8-9-13(18)15(17(20)21-2)14(10-12)22-16(19)11-6-4-3-5-7-11;/h3-7,12-15H,8-10H2,1-2H3;1H/t12-,13+,14-,15+;/m0./s1. The number of ether oxygens (including phenoxy) is 2. The van der Waals surface area contributed by atoms with Crippen LogP contribution in [-0.4, -0.2) is 49.2 Å². The Labute approximate surface area is 146 Å². The van der Waals surface area contributed by atoms with Crippen LogP contribution in [0.15, 0.2) is 30.3 Å². The largest absolute Gasteiger partial charge is 0.469 e. The molecule has 5 nitrogen and oxygen atoms in total. The van der Waals surface area contributed by atoms with E-state index < -0.39 is 12.0 Å². The smallest absolute Gasteiger partial charge is 0.338 e. The van der Waals surface area contributed by atoms with Gasteiger partial charge in [0.2, 0.25) is 0 Å². The molecule has 0 unspecified atom stereocenters. The van der Waals surface area contributed by atoms with E-state index in [1.165, 1.54) is 7.11 Å². The Morgan fingerprint density at radius 2 is 1.87 bits per heavy atom. The first-order valence-electron chi connectivity index (χ1n) is 7.67. The third-order valence-electron chi connectivity index (χ3n) is 4.96. The summed E-state index contributed by atoms with van der Waals surface area (Å²) in [6.07, 6.45) is 2.26. The monoisotopic (exact) mass is 383 g/mol. The van der Waals surface area contributed by atoms with Gasteiger partial charge in [-0.2, -0.15) is 0 Å². The molecule has 2 aliphatic heterocycles. The predicted molar refractivity (Wildman–Crippen MR) is 90.7 cm³/mol. The van der Waals surface area contributed by atoms with Crippen LogP contribution >= 0.6 is 17.0 Å². The molecule has 126 valence electrons. The summed E-state index contributed by atoms with van der Waals surface area (Å²) in [6, 6.07) is 9.36. The minimum absolute atomic E-state index is 0. The van der Waals surface area contributed by atoms with Gasteiger partial charge in [0.1, 0.15) is 12.0 Å². The number of esters is 2. The molecule has 2 saturated heterocycles. The van der Waals surface area contributed by atoms with E-state index in [0.717, 1.165) is 12.8 Å². The Morgan fingerprint density at radius 3 is 2.52 bits per heavy atom. The maximum absolute atomic E-state index is 12.3. The number of fused-ring (bicyclic) bond motifs is 2. The van der Waals surface area contributed by atoms with Gasteiger partial charge >= 0.3 is 11.9 Å². The third kappa shape index (κ3) is 3.43. The summed E-state index contributed by atoms with van der Waals surface area (Å²) in [5.74, 6) is -1.06. The summed E-state index contributed by atoms with van der Waals surface area (Å²) in [4.78, 5) is 26.7. The number of nitrogens with zero attached hydrogens (tertiary/aromatic N) is 1. The Hall–Kier alpha value is -1.40. The van der Waals surface area contributed by atoms with Crippen LogP contribution in [0, 0.1) is 5.92 Å². The number of halogens is 1. The minimum Gasteiger partial charge on any atom is -0.469 e. The van der Waals surface area contributed by atoms with E-state index in [1.54, 1.807) is 24.3 Å². The predicted octanol–water partition coefficient (Wildman–Crippen LogP) is 2.45. The van der Waals surface area contributed by atoms with Crippen molar-refractivity contribution in [3.05, 3.63) is 35.9 Å². The maximum Gasteiger partial charge on any atom is 0.338 e. The van der Waals surface area contributed by atoms with Crippen LogP contribution in [-0.2, 0) is 14.3 Å². The van der Waals surface area contributed by atoms with E-state index in [1.807, 2.05) is 13.1 Å². The normalized spacial score (nSPS) is 29.5. The van der Waals surface area contributed by atoms with Crippen LogP contribution in [0.1, 0.15) is 29.6 Å². The highest BCUT2D eigenvalue weighted by Gasteiger charge is 2.50. The number of methoxy groups -OCH3 is 1. The van der Waals surface area contributed by atoms with Gasteiger partial charge in [-0.3, -0.25) is 9.69 Å². The quantitative estimate of drug-likeness (QED) is 0.750. The zero-order chi connectivity index (χ0) is 15.7. The second-order valence-corrected chi connectivity index (χ2v) is 6.06. The lowest BCUT2D eigenvalue weighted by Crippen LogP contribution is -2.53. The summed E-state index contributed by atoms with van der Waals surface area (Å²) in [5, 5.41) is 0. The summed E-state index contributed by atoms with van der Waals surface area (Å²) < 4.78 is 10.6. The molecule has 23 heavy (non-hydrogen) atoms. The third-order valence-corrected chi connectivity index (χ3v) is 4.96. The Balaban J connectivity index is 0.00000192. The first-order valence-corrected chi connectivity index (χ1v) is 7.67. The lowest BCUT2D eigenvalue weighted by molar-refractivity contribution is -0.156. The molecule has 4 atom stereocenters. The van der Waals surface area contributed by atoms with Gasteiger partial charge in [-0.15, -0.1) is 17.0 Å². The zero-order valence-corrected chi connectivity index (χ0v) is 15.0. The average molecular weight is 384 g/mol. The highest BCUT2D eigenvalue weighted by molar-refractivity contribution is 8.93. The van der Waals surface area contributed by atoms with Crippen LogP contribution in [0.3, 0.4) is 0 Å². The number of hydrogen-bond acceptors (Lipinski definition) is 5. The number of carbonyl (C=O) groups is 2. The SMILES string of the molecule is Br.COC(=O)[C@H]1[C@@H](OC(=O)c2ccccc2)C[C@@H]2CC[C@H]1N2C. The molecule has 3 rings (SSSR count). The van der Waals surface area contributed by atoms with E-state index in [-0.39, 0.29) is 35.0 Å². The molecule has 2 aliphatic rings. The molecule has 0 N–H and O–H groups in total. The molecular weight excluding hydrogens is 362 g/mol. The highest BCUT2D eigenvalue weighted by Crippen LogP contribution is 2.40. The first kappa shape index (κ1) is 17.9. The molecular formula is C17H22BrNO4. The number of carbonyl (C=O) groups excluding carboxylic acids is 2. The van der Waals surface area contributed by atoms with Gasteiger partial charge in [0.25, 0.3) is 0 Å². The van der Waals surface area contributed by atoms with Crippen LogP contribution < -0.4 is 0 Å². The topological polar surface area (TPSA) is 55.8 Å². The molecule has 0 spiro atoms. The zero-order valence-electron chi connectivity index (χ0n) is 13.3. The van der Waals surface area contributed by atoms with Crippen LogP contribution in [0.5, 0.6) is 0 Å². The van der Waals surface area contributed by atoms with E-state index in [0.29, 0.717) is 18.0 Å². The van der Waals surface area contributed by atoms with Gasteiger partial charge in [0, 0.05) is 18.5 Å². The molecule has 2 bridgehead atoms. The molecule has 2 fully saturated rings. The lowest BCUT2D eigenvalue weighted by atomic mass is 9.87. The van der Waals surface area contributed by atoms with Crippen molar-refractivity contribution < 1.29 is 19.1 Å². The fraction of sp³-hybridized carbons (Fsp3) is 0.529. The van der Waals surface area contributed by atoms with E-state index in [9.17, 15) is 9.59 Å². The molecule has 0 aliphatic carbocycles. The summed E-state index contributed by atoms with van der Waals surface area (Å²) in [6.45, 7) is 0. The van der Waals surface area contributed by atoms with E-state index in [4.69, 9.17) is 9.47 Å². The van der Waals surface area contributed by atoms with Crippen molar-refractivity contribution in [2.45, 2.75) is 37.5 Å².